The number of rotatable bonds is 2. The number of piperidine rings is 1. The number of nitrogens with zero attached hydrogens (tertiary/aromatic N) is 2. The van der Waals surface area contributed by atoms with Crippen molar-refractivity contribution in [3.05, 3.63) is 33.6 Å². The number of carbonyl (C=O) groups excluding carboxylic acids is 1. The Kier molecular flexibility index (Phi) is 4.11. The first kappa shape index (κ1) is 15.2. The second-order valence-corrected chi connectivity index (χ2v) is 5.49. The Balaban J connectivity index is 2.47. The summed E-state index contributed by atoms with van der Waals surface area (Å²) >= 11 is 0. The minimum absolute atomic E-state index is 0.00729. The molecule has 1 saturated heterocycles. The van der Waals surface area contributed by atoms with E-state index in [-0.39, 0.29) is 23.3 Å². The Labute approximate surface area is 121 Å². The maximum Gasteiger partial charge on any atom is 0.285 e. The number of likely N-dealkylation sites (tertiary alicyclic amines) is 1. The molecule has 0 saturated carbocycles. The molecule has 7 heteroatoms. The van der Waals surface area contributed by atoms with Crippen LogP contribution in [0.15, 0.2) is 12.1 Å². The summed E-state index contributed by atoms with van der Waals surface area (Å²) in [6, 6.07) is 1.75. The van der Waals surface area contributed by atoms with E-state index >= 15 is 0 Å². The molecule has 0 bridgehead atoms. The van der Waals surface area contributed by atoms with E-state index in [0.717, 1.165) is 25.3 Å². The summed E-state index contributed by atoms with van der Waals surface area (Å²) in [6.07, 6.45) is 2.71. The van der Waals surface area contributed by atoms with E-state index in [1.165, 1.54) is 0 Å². The van der Waals surface area contributed by atoms with Crippen LogP contribution in [0.3, 0.4) is 0 Å². The van der Waals surface area contributed by atoms with Gasteiger partial charge in [-0.25, -0.2) is 4.39 Å². The Morgan fingerprint density at radius 2 is 1.95 bits per heavy atom. The van der Waals surface area contributed by atoms with Crippen molar-refractivity contribution in [2.75, 3.05) is 5.73 Å². The van der Waals surface area contributed by atoms with Crippen molar-refractivity contribution in [2.45, 2.75) is 45.2 Å². The van der Waals surface area contributed by atoms with Crippen molar-refractivity contribution < 1.29 is 14.1 Å². The zero-order chi connectivity index (χ0) is 15.7. The summed E-state index contributed by atoms with van der Waals surface area (Å²) in [7, 11) is 0. The molecule has 0 spiro atoms. The standard InChI is InChI=1S/C14H18FN3O3/c1-8-4-3-5-9(2)17(8)14(19)10-6-12(16)11(15)7-13(10)18(20)21/h6-9H,3-5,16H2,1-2H3. The molecule has 0 aliphatic carbocycles. The fourth-order valence-corrected chi connectivity index (χ4v) is 2.86. The highest BCUT2D eigenvalue weighted by molar-refractivity contribution is 5.99. The van der Waals surface area contributed by atoms with E-state index in [0.29, 0.717) is 6.07 Å². The third-order valence-corrected chi connectivity index (χ3v) is 3.97. The van der Waals surface area contributed by atoms with Crippen LogP contribution in [0, 0.1) is 15.9 Å². The van der Waals surface area contributed by atoms with Gasteiger partial charge in [0.1, 0.15) is 5.56 Å². The number of anilines is 1. The molecule has 1 aromatic rings. The average molecular weight is 295 g/mol. The summed E-state index contributed by atoms with van der Waals surface area (Å²) in [5.41, 5.74) is 4.50. The minimum atomic E-state index is -0.891. The largest absolute Gasteiger partial charge is 0.396 e. The summed E-state index contributed by atoms with van der Waals surface area (Å²) < 4.78 is 13.4. The summed E-state index contributed by atoms with van der Waals surface area (Å²) in [5.74, 6) is -1.36. The van der Waals surface area contributed by atoms with Gasteiger partial charge in [-0.2, -0.15) is 0 Å². The second kappa shape index (κ2) is 5.67. The van der Waals surface area contributed by atoms with Crippen LogP contribution in [-0.4, -0.2) is 27.8 Å². The van der Waals surface area contributed by atoms with Crippen molar-refractivity contribution in [2.24, 2.45) is 0 Å². The number of hydrogen-bond acceptors (Lipinski definition) is 4. The van der Waals surface area contributed by atoms with Crippen molar-refractivity contribution in [1.29, 1.82) is 0 Å². The van der Waals surface area contributed by atoms with E-state index in [1.807, 2.05) is 13.8 Å². The highest BCUT2D eigenvalue weighted by Crippen LogP contribution is 2.30. The Morgan fingerprint density at radius 3 is 2.48 bits per heavy atom. The van der Waals surface area contributed by atoms with Crippen LogP contribution < -0.4 is 5.73 Å². The van der Waals surface area contributed by atoms with Crippen LogP contribution in [0.4, 0.5) is 15.8 Å². The fourth-order valence-electron chi connectivity index (χ4n) is 2.86. The number of nitrogen functional groups attached to an aromatic ring is 1. The lowest BCUT2D eigenvalue weighted by Crippen LogP contribution is -2.47. The number of nitro groups is 1. The molecule has 0 radical (unpaired) electrons. The van der Waals surface area contributed by atoms with Crippen LogP contribution in [0.5, 0.6) is 0 Å². The van der Waals surface area contributed by atoms with Crippen LogP contribution in [-0.2, 0) is 0 Å². The van der Waals surface area contributed by atoms with E-state index < -0.39 is 22.3 Å². The number of halogens is 1. The van der Waals surface area contributed by atoms with Gasteiger partial charge >= 0.3 is 0 Å². The maximum absolute atomic E-state index is 13.4. The van der Waals surface area contributed by atoms with E-state index in [9.17, 15) is 19.3 Å². The third-order valence-electron chi connectivity index (χ3n) is 3.97. The molecule has 0 aromatic heterocycles. The molecule has 1 aromatic carbocycles. The van der Waals surface area contributed by atoms with Crippen molar-refractivity contribution >= 4 is 17.3 Å². The predicted molar refractivity (Wildman–Crippen MR) is 76.4 cm³/mol. The summed E-state index contributed by atoms with van der Waals surface area (Å²) in [4.78, 5) is 24.6. The number of carbonyl (C=O) groups is 1. The van der Waals surface area contributed by atoms with Crippen LogP contribution in [0.1, 0.15) is 43.5 Å². The first-order valence-corrected chi connectivity index (χ1v) is 6.89. The van der Waals surface area contributed by atoms with Gasteiger partial charge < -0.3 is 10.6 Å². The predicted octanol–water partition coefficient (Wildman–Crippen LogP) is 2.72. The molecule has 2 atom stereocenters. The van der Waals surface area contributed by atoms with Crippen molar-refractivity contribution in [3.63, 3.8) is 0 Å². The lowest BCUT2D eigenvalue weighted by molar-refractivity contribution is -0.385. The number of hydrogen-bond donors (Lipinski definition) is 1. The number of nitrogens with two attached hydrogens (primary N) is 1. The maximum atomic E-state index is 13.4. The van der Waals surface area contributed by atoms with Gasteiger partial charge in [-0.3, -0.25) is 14.9 Å². The zero-order valence-electron chi connectivity index (χ0n) is 12.0. The molecule has 2 N–H and O–H groups in total. The minimum Gasteiger partial charge on any atom is -0.396 e. The third kappa shape index (κ3) is 2.81. The summed E-state index contributed by atoms with van der Waals surface area (Å²) in [5, 5.41) is 11.1. The quantitative estimate of drug-likeness (QED) is 0.516. The molecular formula is C14H18FN3O3. The number of benzene rings is 1. The molecule has 21 heavy (non-hydrogen) atoms. The number of nitro benzene ring substituents is 1. The number of amides is 1. The highest BCUT2D eigenvalue weighted by atomic mass is 19.1. The molecule has 1 heterocycles. The molecule has 1 aliphatic rings. The lowest BCUT2D eigenvalue weighted by Gasteiger charge is -2.39. The SMILES string of the molecule is CC1CCCC(C)N1C(=O)c1cc(N)c(F)cc1[N+](=O)[O-]. The average Bonchev–Trinajstić information content (AvgIpc) is 2.40. The first-order valence-electron chi connectivity index (χ1n) is 6.89. The molecule has 1 aliphatic heterocycles. The molecule has 114 valence electrons. The molecule has 1 fully saturated rings. The Morgan fingerprint density at radius 1 is 1.38 bits per heavy atom. The van der Waals surface area contributed by atoms with Gasteiger partial charge in [-0.15, -0.1) is 0 Å². The summed E-state index contributed by atoms with van der Waals surface area (Å²) in [6.45, 7) is 3.82. The van der Waals surface area contributed by atoms with Crippen molar-refractivity contribution in [1.82, 2.24) is 4.90 Å². The fraction of sp³-hybridized carbons (Fsp3) is 0.500. The highest BCUT2D eigenvalue weighted by Gasteiger charge is 2.33. The van der Waals surface area contributed by atoms with Crippen LogP contribution >= 0.6 is 0 Å². The lowest BCUT2D eigenvalue weighted by atomic mass is 9.96. The first-order chi connectivity index (χ1) is 9.82. The van der Waals surface area contributed by atoms with Gasteiger partial charge in [-0.1, -0.05) is 0 Å². The zero-order valence-corrected chi connectivity index (χ0v) is 12.0. The molecule has 1 amide bonds. The molecule has 6 nitrogen and oxygen atoms in total. The van der Waals surface area contributed by atoms with E-state index in [4.69, 9.17) is 5.73 Å². The Bertz CT molecular complexity index is 581. The molecular weight excluding hydrogens is 277 g/mol. The smallest absolute Gasteiger partial charge is 0.285 e. The van der Waals surface area contributed by atoms with Crippen LogP contribution in [0.2, 0.25) is 0 Å². The van der Waals surface area contributed by atoms with Crippen LogP contribution in [0.25, 0.3) is 0 Å². The van der Waals surface area contributed by atoms with E-state index in [2.05, 4.69) is 0 Å². The van der Waals surface area contributed by atoms with Gasteiger partial charge in [-0.05, 0) is 39.2 Å². The van der Waals surface area contributed by atoms with Gasteiger partial charge in [0.05, 0.1) is 16.7 Å². The normalized spacial score (nSPS) is 22.1. The van der Waals surface area contributed by atoms with Crippen molar-refractivity contribution in [3.8, 4) is 0 Å². The van der Waals surface area contributed by atoms with Gasteiger partial charge in [0.25, 0.3) is 11.6 Å². The van der Waals surface area contributed by atoms with E-state index in [1.54, 1.807) is 4.90 Å². The second-order valence-electron chi connectivity index (χ2n) is 5.49. The molecule has 2 unspecified atom stereocenters. The van der Waals surface area contributed by atoms with Gasteiger partial charge in [0.2, 0.25) is 0 Å². The monoisotopic (exact) mass is 295 g/mol. The topological polar surface area (TPSA) is 89.5 Å². The Hall–Kier alpha value is -2.18. The van der Waals surface area contributed by atoms with Gasteiger partial charge in [0.15, 0.2) is 5.82 Å². The molecule has 2 rings (SSSR count). The van der Waals surface area contributed by atoms with Gasteiger partial charge in [0, 0.05) is 12.1 Å².